The number of ether oxygens (including phenoxy) is 2. The van der Waals surface area contributed by atoms with Crippen LogP contribution in [0.3, 0.4) is 0 Å². The molecule has 7 nitrogen and oxygen atoms in total. The van der Waals surface area contributed by atoms with Crippen molar-refractivity contribution >= 4 is 0 Å². The number of phenolic OH excluding ortho intramolecular Hbond substituents is 1. The number of hydrogen-bond acceptors (Lipinski definition) is 7. The van der Waals surface area contributed by atoms with Crippen LogP contribution in [0.1, 0.15) is 112 Å². The van der Waals surface area contributed by atoms with Crippen molar-refractivity contribution in [3.05, 3.63) is 86.5 Å². The van der Waals surface area contributed by atoms with Gasteiger partial charge in [0, 0.05) is 33.4 Å². The summed E-state index contributed by atoms with van der Waals surface area (Å²) in [5.74, 6) is 0.0983. The minimum Gasteiger partial charge on any atom is -0.507 e. The maximum absolute atomic E-state index is 11.2. The first-order valence-corrected chi connectivity index (χ1v) is 14.8. The lowest BCUT2D eigenvalue weighted by atomic mass is 9.84. The van der Waals surface area contributed by atoms with E-state index in [0.717, 1.165) is 16.7 Å². The third-order valence-electron chi connectivity index (χ3n) is 7.77. The number of aliphatic hydroxyl groups is 2. The normalized spacial score (nSPS) is 12.6. The van der Waals surface area contributed by atoms with E-state index in [1.165, 1.54) is 0 Å². The summed E-state index contributed by atoms with van der Waals surface area (Å²) in [6.07, 6.45) is 0. The van der Waals surface area contributed by atoms with Gasteiger partial charge < -0.3 is 35.0 Å². The Morgan fingerprint density at radius 3 is 0.837 bits per heavy atom. The smallest absolute Gasteiger partial charge is 0.126 e. The largest absolute Gasteiger partial charge is 0.507 e. The lowest BCUT2D eigenvalue weighted by molar-refractivity contribution is 0.0978. The zero-order chi connectivity index (χ0) is 32.3. The molecule has 0 amide bonds. The Bertz CT molecular complexity index is 1320. The summed E-state index contributed by atoms with van der Waals surface area (Å²) in [4.78, 5) is 0. The van der Waals surface area contributed by atoms with Crippen molar-refractivity contribution in [3.8, 4) is 17.2 Å². The van der Waals surface area contributed by atoms with E-state index in [1.807, 2.05) is 36.4 Å². The maximum Gasteiger partial charge on any atom is 0.126 e. The van der Waals surface area contributed by atoms with Gasteiger partial charge in [-0.3, -0.25) is 0 Å². The molecule has 0 atom stereocenters. The van der Waals surface area contributed by atoms with Crippen LogP contribution in [0.15, 0.2) is 36.4 Å². The monoisotopic (exact) mass is 594 g/mol. The molecule has 0 saturated heterocycles. The Morgan fingerprint density at radius 1 is 0.419 bits per heavy atom. The lowest BCUT2D eigenvalue weighted by Gasteiger charge is -2.24. The fraction of sp³-hybridized carbons (Fsp3) is 0.500. The van der Waals surface area contributed by atoms with Crippen LogP contribution in [0.4, 0.5) is 0 Å². The van der Waals surface area contributed by atoms with Crippen molar-refractivity contribution in [2.24, 2.45) is 0 Å². The second-order valence-corrected chi connectivity index (χ2v) is 14.5. The van der Waals surface area contributed by atoms with Gasteiger partial charge in [-0.05, 0) is 69.3 Å². The molecule has 3 aromatic rings. The molecule has 0 heterocycles. The van der Waals surface area contributed by atoms with Crippen molar-refractivity contribution in [2.75, 3.05) is 0 Å². The number of aromatic hydroxyl groups is 3. The summed E-state index contributed by atoms with van der Waals surface area (Å²) in [6, 6.07) is 11.3. The van der Waals surface area contributed by atoms with E-state index in [-0.39, 0.29) is 73.1 Å². The molecule has 3 rings (SSSR count). The number of aliphatic hydroxyl groups excluding tert-OH is 2. The minimum atomic E-state index is -0.278. The Labute approximate surface area is 256 Å². The quantitative estimate of drug-likeness (QED) is 0.170. The van der Waals surface area contributed by atoms with Crippen LogP contribution >= 0.6 is 0 Å². The summed E-state index contributed by atoms with van der Waals surface area (Å²) < 4.78 is 12.0. The van der Waals surface area contributed by atoms with Crippen LogP contribution in [-0.4, -0.2) is 25.5 Å². The average molecular weight is 595 g/mol. The summed E-state index contributed by atoms with van der Waals surface area (Å²) in [6.45, 7) is 18.5. The topological polar surface area (TPSA) is 120 Å². The minimum absolute atomic E-state index is 0.0143. The highest BCUT2D eigenvalue weighted by Gasteiger charge is 2.22. The first-order valence-electron chi connectivity index (χ1n) is 14.8. The fourth-order valence-corrected chi connectivity index (χ4v) is 4.80. The highest BCUT2D eigenvalue weighted by atomic mass is 16.5. The Morgan fingerprint density at radius 2 is 0.628 bits per heavy atom. The fourth-order valence-electron chi connectivity index (χ4n) is 4.80. The molecule has 5 N–H and O–H groups in total. The molecular formula is C36H50O7. The standard InChI is InChI=1S/C36H50O7/c1-34(2,3)28-10-22(16-37)31(39)24(12-28)18-42-20-26-14-30(36(7,8)9)15-27(33(26)41)21-43-19-25-13-29(35(4,5)6)11-23(17-38)32(25)40/h10-15,37-41H,16-21H2,1-9H3. The predicted octanol–water partition coefficient (Wildman–Crippen LogP) is 7.11. The molecule has 0 aliphatic rings. The van der Waals surface area contributed by atoms with E-state index in [0.29, 0.717) is 33.4 Å². The van der Waals surface area contributed by atoms with Gasteiger partial charge in [-0.15, -0.1) is 0 Å². The summed E-state index contributed by atoms with van der Waals surface area (Å²) >= 11 is 0. The molecule has 3 aromatic carbocycles. The van der Waals surface area contributed by atoms with Crippen molar-refractivity contribution in [1.29, 1.82) is 0 Å². The van der Waals surface area contributed by atoms with Gasteiger partial charge in [0.05, 0.1) is 39.6 Å². The number of hydrogen-bond donors (Lipinski definition) is 5. The van der Waals surface area contributed by atoms with Gasteiger partial charge in [0.1, 0.15) is 17.2 Å². The SMILES string of the molecule is CC(C)(C)c1cc(CO)c(O)c(COCc2cc(C(C)(C)C)cc(COCc3cc(C(C)(C)C)cc(CO)c3O)c2O)c1. The Balaban J connectivity index is 1.84. The summed E-state index contributed by atoms with van der Waals surface area (Å²) in [7, 11) is 0. The van der Waals surface area contributed by atoms with Gasteiger partial charge in [0.25, 0.3) is 0 Å². The van der Waals surface area contributed by atoms with Crippen LogP contribution in [0.5, 0.6) is 17.2 Å². The first-order chi connectivity index (χ1) is 19.9. The highest BCUT2D eigenvalue weighted by Crippen LogP contribution is 2.36. The van der Waals surface area contributed by atoms with Gasteiger partial charge in [0.15, 0.2) is 0 Å². The van der Waals surface area contributed by atoms with Gasteiger partial charge >= 0.3 is 0 Å². The molecule has 0 spiro atoms. The maximum atomic E-state index is 11.2. The highest BCUT2D eigenvalue weighted by molar-refractivity contribution is 5.47. The molecule has 0 aliphatic heterocycles. The number of rotatable bonds is 10. The molecule has 0 fully saturated rings. The molecule has 0 saturated carbocycles. The molecule has 7 heteroatoms. The molecule has 0 aliphatic carbocycles. The molecular weight excluding hydrogens is 544 g/mol. The Hall–Kier alpha value is -3.10. The lowest BCUT2D eigenvalue weighted by Crippen LogP contribution is -2.14. The van der Waals surface area contributed by atoms with Gasteiger partial charge in [-0.25, -0.2) is 0 Å². The van der Waals surface area contributed by atoms with Crippen molar-refractivity contribution in [2.45, 2.75) is 118 Å². The van der Waals surface area contributed by atoms with Gasteiger partial charge in [-0.2, -0.15) is 0 Å². The van der Waals surface area contributed by atoms with E-state index in [1.54, 1.807) is 0 Å². The van der Waals surface area contributed by atoms with Crippen LogP contribution in [0.2, 0.25) is 0 Å². The van der Waals surface area contributed by atoms with E-state index in [2.05, 4.69) is 62.3 Å². The summed E-state index contributed by atoms with van der Waals surface area (Å²) in [5, 5.41) is 52.2. The zero-order valence-electron chi connectivity index (χ0n) is 27.3. The third-order valence-corrected chi connectivity index (χ3v) is 7.77. The van der Waals surface area contributed by atoms with E-state index in [4.69, 9.17) is 9.47 Å². The number of benzene rings is 3. The summed E-state index contributed by atoms with van der Waals surface area (Å²) in [5.41, 5.74) is 5.66. The molecule has 43 heavy (non-hydrogen) atoms. The zero-order valence-corrected chi connectivity index (χ0v) is 27.3. The van der Waals surface area contributed by atoms with Crippen LogP contribution in [0, 0.1) is 0 Å². The van der Waals surface area contributed by atoms with Crippen molar-refractivity contribution in [3.63, 3.8) is 0 Å². The van der Waals surface area contributed by atoms with Crippen LogP contribution in [0.25, 0.3) is 0 Å². The average Bonchev–Trinajstić information content (AvgIpc) is 2.90. The van der Waals surface area contributed by atoms with Gasteiger partial charge in [-0.1, -0.05) is 62.3 Å². The van der Waals surface area contributed by atoms with Crippen molar-refractivity contribution < 1.29 is 35.0 Å². The van der Waals surface area contributed by atoms with Gasteiger partial charge in [0.2, 0.25) is 0 Å². The van der Waals surface area contributed by atoms with Crippen molar-refractivity contribution in [1.82, 2.24) is 0 Å². The van der Waals surface area contributed by atoms with E-state index in [9.17, 15) is 25.5 Å². The van der Waals surface area contributed by atoms with E-state index < -0.39 is 0 Å². The Kier molecular flexibility index (Phi) is 10.6. The molecule has 236 valence electrons. The van der Waals surface area contributed by atoms with Crippen LogP contribution in [-0.2, 0) is 65.4 Å². The number of phenols is 3. The second kappa shape index (κ2) is 13.3. The molecule has 0 bridgehead atoms. The van der Waals surface area contributed by atoms with Crippen LogP contribution < -0.4 is 0 Å². The second-order valence-electron chi connectivity index (χ2n) is 14.5. The predicted molar refractivity (Wildman–Crippen MR) is 169 cm³/mol. The molecule has 0 aromatic heterocycles. The van der Waals surface area contributed by atoms with E-state index >= 15 is 0 Å². The first kappa shape index (κ1) is 34.4. The molecule has 0 unspecified atom stereocenters. The third kappa shape index (κ3) is 8.51. The molecule has 0 radical (unpaired) electrons.